The first kappa shape index (κ1) is 21.7. The number of methoxy groups -OCH3 is 1. The number of nitrogens with one attached hydrogen (secondary N) is 2. The van der Waals surface area contributed by atoms with E-state index in [0.29, 0.717) is 12.0 Å². The van der Waals surface area contributed by atoms with Gasteiger partial charge in [0.15, 0.2) is 5.96 Å². The summed E-state index contributed by atoms with van der Waals surface area (Å²) in [5, 5.41) is 6.95. The summed E-state index contributed by atoms with van der Waals surface area (Å²) in [6, 6.07) is 8.33. The quantitative estimate of drug-likeness (QED) is 0.344. The van der Waals surface area contributed by atoms with Gasteiger partial charge in [-0.25, -0.2) is 4.98 Å². The fraction of sp³-hybridized carbons (Fsp3) is 0.500. The first-order valence-electron chi connectivity index (χ1n) is 9.26. The lowest BCUT2D eigenvalue weighted by Crippen LogP contribution is -2.46. The summed E-state index contributed by atoms with van der Waals surface area (Å²) in [6.07, 6.45) is 10.5. The van der Waals surface area contributed by atoms with Crippen molar-refractivity contribution in [1.29, 1.82) is 0 Å². The molecule has 0 unspecified atom stereocenters. The van der Waals surface area contributed by atoms with Gasteiger partial charge in [-0.1, -0.05) is 24.6 Å². The second kappa shape index (κ2) is 10.7. The highest BCUT2D eigenvalue weighted by Gasteiger charge is 2.36. The van der Waals surface area contributed by atoms with Gasteiger partial charge in [0.25, 0.3) is 0 Å². The van der Waals surface area contributed by atoms with Crippen molar-refractivity contribution in [2.75, 3.05) is 27.3 Å². The summed E-state index contributed by atoms with van der Waals surface area (Å²) >= 11 is 0. The Kier molecular flexibility index (Phi) is 8.56. The molecule has 1 aromatic carbocycles. The number of nitrogens with zero attached hydrogens (tertiary/aromatic N) is 3. The maximum atomic E-state index is 5.28. The Morgan fingerprint density at radius 3 is 2.74 bits per heavy atom. The Bertz CT molecular complexity index is 713. The van der Waals surface area contributed by atoms with Crippen LogP contribution in [0.25, 0.3) is 5.69 Å². The zero-order chi connectivity index (χ0) is 18.2. The third kappa shape index (κ3) is 5.68. The van der Waals surface area contributed by atoms with E-state index in [0.717, 1.165) is 31.2 Å². The zero-order valence-electron chi connectivity index (χ0n) is 16.1. The highest BCUT2D eigenvalue weighted by molar-refractivity contribution is 14.0. The molecule has 0 bridgehead atoms. The van der Waals surface area contributed by atoms with Crippen LogP contribution < -0.4 is 10.6 Å². The molecule has 1 aromatic heterocycles. The molecule has 148 valence electrons. The van der Waals surface area contributed by atoms with Gasteiger partial charge in [-0.15, -0.1) is 24.0 Å². The van der Waals surface area contributed by atoms with Gasteiger partial charge < -0.3 is 19.9 Å². The molecule has 27 heavy (non-hydrogen) atoms. The van der Waals surface area contributed by atoms with Crippen LogP contribution in [-0.4, -0.2) is 42.8 Å². The smallest absolute Gasteiger partial charge is 0.191 e. The van der Waals surface area contributed by atoms with Crippen molar-refractivity contribution in [1.82, 2.24) is 20.2 Å². The first-order chi connectivity index (χ1) is 12.8. The molecule has 0 aliphatic heterocycles. The number of aromatic nitrogens is 2. The maximum Gasteiger partial charge on any atom is 0.191 e. The van der Waals surface area contributed by atoms with Crippen molar-refractivity contribution in [2.45, 2.75) is 32.2 Å². The summed E-state index contributed by atoms with van der Waals surface area (Å²) in [6.45, 7) is 2.48. The second-order valence-electron chi connectivity index (χ2n) is 6.97. The third-order valence-electron chi connectivity index (χ3n) is 5.33. The van der Waals surface area contributed by atoms with E-state index in [2.05, 4.69) is 38.8 Å². The number of rotatable bonds is 8. The molecule has 1 heterocycles. The van der Waals surface area contributed by atoms with E-state index in [1.54, 1.807) is 13.3 Å². The van der Waals surface area contributed by atoms with Crippen LogP contribution >= 0.6 is 24.0 Å². The Balaban J connectivity index is 0.00000261. The lowest BCUT2D eigenvalue weighted by molar-refractivity contribution is 0.0732. The molecule has 0 radical (unpaired) electrons. The van der Waals surface area contributed by atoms with E-state index in [-0.39, 0.29) is 24.0 Å². The van der Waals surface area contributed by atoms with Gasteiger partial charge in [0.2, 0.25) is 0 Å². The minimum absolute atomic E-state index is 0. The van der Waals surface area contributed by atoms with Crippen molar-refractivity contribution in [3.05, 3.63) is 48.5 Å². The molecule has 3 rings (SSSR count). The summed E-state index contributed by atoms with van der Waals surface area (Å²) in [5.41, 5.74) is 2.69. The van der Waals surface area contributed by atoms with Crippen molar-refractivity contribution < 1.29 is 4.74 Å². The van der Waals surface area contributed by atoms with E-state index in [1.165, 1.54) is 24.8 Å². The SMILES string of the molecule is CN=C(NCc1ccccc1-n1ccnc1)NCC1(CCOC)CCC1.I. The fourth-order valence-corrected chi connectivity index (χ4v) is 3.50. The van der Waals surface area contributed by atoms with Gasteiger partial charge in [0.05, 0.1) is 12.0 Å². The third-order valence-corrected chi connectivity index (χ3v) is 5.33. The lowest BCUT2D eigenvalue weighted by atomic mass is 9.67. The fourth-order valence-electron chi connectivity index (χ4n) is 3.50. The lowest BCUT2D eigenvalue weighted by Gasteiger charge is -2.42. The van der Waals surface area contributed by atoms with E-state index in [4.69, 9.17) is 4.74 Å². The predicted molar refractivity (Wildman–Crippen MR) is 120 cm³/mol. The molecule has 2 aromatic rings. The molecule has 0 atom stereocenters. The Hall–Kier alpha value is -1.61. The Morgan fingerprint density at radius 1 is 1.30 bits per heavy atom. The summed E-state index contributed by atoms with van der Waals surface area (Å²) in [5.74, 6) is 0.842. The second-order valence-corrected chi connectivity index (χ2v) is 6.97. The highest BCUT2D eigenvalue weighted by Crippen LogP contribution is 2.43. The van der Waals surface area contributed by atoms with E-state index in [9.17, 15) is 0 Å². The number of halogens is 1. The van der Waals surface area contributed by atoms with Crippen LogP contribution in [-0.2, 0) is 11.3 Å². The van der Waals surface area contributed by atoms with Gasteiger partial charge in [-0.05, 0) is 36.3 Å². The summed E-state index contributed by atoms with van der Waals surface area (Å²) in [7, 11) is 3.59. The molecule has 0 saturated heterocycles. The molecule has 1 aliphatic rings. The average molecular weight is 483 g/mol. The summed E-state index contributed by atoms with van der Waals surface area (Å²) in [4.78, 5) is 8.53. The van der Waals surface area contributed by atoms with Gasteiger partial charge in [0.1, 0.15) is 0 Å². The Labute approximate surface area is 178 Å². The van der Waals surface area contributed by atoms with Crippen LogP contribution in [0, 0.1) is 5.41 Å². The van der Waals surface area contributed by atoms with Crippen LogP contribution in [0.2, 0.25) is 0 Å². The standard InChI is InChI=1S/C20H29N5O.HI/c1-21-19(24-15-20(8-5-9-20)10-13-26-2)23-14-17-6-3-4-7-18(17)25-12-11-22-16-25;/h3-4,6-7,11-12,16H,5,8-10,13-15H2,1-2H3,(H2,21,23,24);1H. The minimum atomic E-state index is 0. The maximum absolute atomic E-state index is 5.28. The Morgan fingerprint density at radius 2 is 2.11 bits per heavy atom. The average Bonchev–Trinajstić information content (AvgIpc) is 3.17. The summed E-state index contributed by atoms with van der Waals surface area (Å²) < 4.78 is 7.31. The molecule has 7 heteroatoms. The number of benzene rings is 1. The van der Waals surface area contributed by atoms with Crippen LogP contribution in [0.4, 0.5) is 0 Å². The molecule has 2 N–H and O–H groups in total. The van der Waals surface area contributed by atoms with Crippen LogP contribution in [0.3, 0.4) is 0 Å². The number of para-hydroxylation sites is 1. The van der Waals surface area contributed by atoms with E-state index >= 15 is 0 Å². The normalized spacial score (nSPS) is 15.6. The molecule has 0 spiro atoms. The minimum Gasteiger partial charge on any atom is -0.385 e. The molecule has 1 saturated carbocycles. The molecule has 1 fully saturated rings. The molecular formula is C20H30IN5O. The molecule has 1 aliphatic carbocycles. The van der Waals surface area contributed by atoms with Crippen molar-refractivity contribution in [3.8, 4) is 5.69 Å². The van der Waals surface area contributed by atoms with Crippen LogP contribution in [0.15, 0.2) is 48.0 Å². The zero-order valence-corrected chi connectivity index (χ0v) is 18.5. The van der Waals surface area contributed by atoms with Crippen molar-refractivity contribution in [3.63, 3.8) is 0 Å². The number of aliphatic imine (C=N–C) groups is 1. The molecule has 6 nitrogen and oxygen atoms in total. The molecule has 0 amide bonds. The van der Waals surface area contributed by atoms with Gasteiger partial charge in [-0.2, -0.15) is 0 Å². The monoisotopic (exact) mass is 483 g/mol. The predicted octanol–water partition coefficient (Wildman–Crippen LogP) is 3.36. The number of ether oxygens (including phenoxy) is 1. The van der Waals surface area contributed by atoms with Crippen LogP contribution in [0.5, 0.6) is 0 Å². The first-order valence-corrected chi connectivity index (χ1v) is 9.26. The number of hydrogen-bond donors (Lipinski definition) is 2. The van der Waals surface area contributed by atoms with Gasteiger partial charge in [-0.3, -0.25) is 4.99 Å². The highest BCUT2D eigenvalue weighted by atomic mass is 127. The van der Waals surface area contributed by atoms with E-state index in [1.807, 2.05) is 30.2 Å². The van der Waals surface area contributed by atoms with Crippen molar-refractivity contribution in [2.24, 2.45) is 10.4 Å². The van der Waals surface area contributed by atoms with E-state index < -0.39 is 0 Å². The number of hydrogen-bond acceptors (Lipinski definition) is 3. The largest absolute Gasteiger partial charge is 0.385 e. The topological polar surface area (TPSA) is 63.5 Å². The number of imidazole rings is 1. The van der Waals surface area contributed by atoms with Crippen LogP contribution in [0.1, 0.15) is 31.2 Å². The van der Waals surface area contributed by atoms with Crippen molar-refractivity contribution >= 4 is 29.9 Å². The van der Waals surface area contributed by atoms with Gasteiger partial charge in [0, 0.05) is 46.2 Å². The molecular weight excluding hydrogens is 453 g/mol. The number of guanidine groups is 1. The van der Waals surface area contributed by atoms with Gasteiger partial charge >= 0.3 is 0 Å².